The van der Waals surface area contributed by atoms with Crippen molar-refractivity contribution in [2.75, 3.05) is 0 Å². The molecular weight excluding hydrogens is 197 g/mol. The number of hydrogen-bond donors (Lipinski definition) is 0. The average molecular weight is 200 g/mol. The molecule has 0 spiro atoms. The van der Waals surface area contributed by atoms with Crippen molar-refractivity contribution in [1.82, 2.24) is 0 Å². The molecule has 5 heteroatoms. The van der Waals surface area contributed by atoms with Crippen LogP contribution in [0.4, 0.5) is 13.2 Å². The molecule has 0 N–H and O–H groups in total. The molecule has 0 bridgehead atoms. The molecule has 0 aliphatic heterocycles. The average Bonchev–Trinajstić information content (AvgIpc) is 2.14. The van der Waals surface area contributed by atoms with Crippen LogP contribution in [0.5, 0.6) is 0 Å². The van der Waals surface area contributed by atoms with E-state index < -0.39 is 28.5 Å². The summed E-state index contributed by atoms with van der Waals surface area (Å²) in [5, 5.41) is -0.577. The van der Waals surface area contributed by atoms with Crippen LogP contribution < -0.4 is 5.43 Å². The van der Waals surface area contributed by atoms with E-state index in [4.69, 9.17) is 0 Å². The number of halogens is 3. The Hall–Kier alpha value is -1.78. The van der Waals surface area contributed by atoms with E-state index in [9.17, 15) is 18.0 Å². The minimum absolute atomic E-state index is 0.311. The molecule has 1 heterocycles. The summed E-state index contributed by atoms with van der Waals surface area (Å²) in [6.45, 7) is 0. The Morgan fingerprint density at radius 2 is 1.86 bits per heavy atom. The third-order valence-electron chi connectivity index (χ3n) is 1.77. The van der Waals surface area contributed by atoms with Gasteiger partial charge in [-0.05, 0) is 12.1 Å². The highest BCUT2D eigenvalue weighted by Gasteiger charge is 2.16. The Morgan fingerprint density at radius 3 is 2.57 bits per heavy atom. The number of rotatable bonds is 0. The second-order valence-electron chi connectivity index (χ2n) is 2.63. The fraction of sp³-hybridized carbons (Fsp3) is 0. The smallest absolute Gasteiger partial charge is 0.318 e. The molecule has 2 aromatic rings. The molecule has 0 saturated carbocycles. The predicted molar refractivity (Wildman–Crippen MR) is 42.4 cm³/mol. The van der Waals surface area contributed by atoms with Crippen LogP contribution in [0.25, 0.3) is 11.0 Å². The van der Waals surface area contributed by atoms with Gasteiger partial charge in [0.1, 0.15) is 16.8 Å². The van der Waals surface area contributed by atoms with Gasteiger partial charge in [0.15, 0.2) is 0 Å². The number of benzene rings is 1. The summed E-state index contributed by atoms with van der Waals surface area (Å²) < 4.78 is 42.6. The molecule has 14 heavy (non-hydrogen) atoms. The minimum Gasteiger partial charge on any atom is -0.429 e. The lowest BCUT2D eigenvalue weighted by atomic mass is 10.2. The standard InChI is InChI=1S/C9H3F3O2/c10-4-2-1-3-5-6(4)8(13)7(11)9(12)14-5/h1-3H. The van der Waals surface area contributed by atoms with E-state index in [0.29, 0.717) is 0 Å². The Morgan fingerprint density at radius 1 is 1.14 bits per heavy atom. The van der Waals surface area contributed by atoms with E-state index in [0.717, 1.165) is 6.07 Å². The van der Waals surface area contributed by atoms with Gasteiger partial charge in [0.05, 0.1) is 0 Å². The van der Waals surface area contributed by atoms with Crippen LogP contribution in [0, 0.1) is 17.6 Å². The Balaban J connectivity index is 3.07. The van der Waals surface area contributed by atoms with Gasteiger partial charge in [-0.15, -0.1) is 0 Å². The van der Waals surface area contributed by atoms with E-state index in [1.165, 1.54) is 12.1 Å². The van der Waals surface area contributed by atoms with Crippen LogP contribution in [0.2, 0.25) is 0 Å². The lowest BCUT2D eigenvalue weighted by Crippen LogP contribution is -2.10. The molecule has 0 fully saturated rings. The molecule has 2 nitrogen and oxygen atoms in total. The maximum absolute atomic E-state index is 13.0. The summed E-state index contributed by atoms with van der Waals surface area (Å²) in [4.78, 5) is 11.1. The summed E-state index contributed by atoms with van der Waals surface area (Å²) in [6.07, 6.45) is 0. The fourth-order valence-corrected chi connectivity index (χ4v) is 1.15. The van der Waals surface area contributed by atoms with Crippen molar-refractivity contribution in [2.45, 2.75) is 0 Å². The monoisotopic (exact) mass is 200 g/mol. The second-order valence-corrected chi connectivity index (χ2v) is 2.63. The van der Waals surface area contributed by atoms with Crippen molar-refractivity contribution >= 4 is 11.0 Å². The molecule has 1 aromatic heterocycles. The summed E-state index contributed by atoms with van der Waals surface area (Å²) in [5.41, 5.74) is -1.64. The molecule has 0 amide bonds. The summed E-state index contributed by atoms with van der Waals surface area (Å²) in [6, 6.07) is 1.75. The van der Waals surface area contributed by atoms with E-state index in [2.05, 4.69) is 4.42 Å². The van der Waals surface area contributed by atoms with Gasteiger partial charge >= 0.3 is 6.01 Å². The molecule has 0 aliphatic rings. The highest BCUT2D eigenvalue weighted by atomic mass is 19.2. The van der Waals surface area contributed by atoms with Crippen LogP contribution in [-0.4, -0.2) is 0 Å². The first-order valence-electron chi connectivity index (χ1n) is 3.67. The molecule has 1 aromatic carbocycles. The molecule has 0 saturated heterocycles. The van der Waals surface area contributed by atoms with Crippen LogP contribution >= 0.6 is 0 Å². The maximum atomic E-state index is 13.0. The topological polar surface area (TPSA) is 30.2 Å². The normalized spacial score (nSPS) is 10.8. The van der Waals surface area contributed by atoms with Crippen molar-refractivity contribution in [3.05, 3.63) is 46.1 Å². The molecule has 0 aliphatic carbocycles. The first-order valence-corrected chi connectivity index (χ1v) is 3.67. The van der Waals surface area contributed by atoms with Crippen molar-refractivity contribution < 1.29 is 17.6 Å². The highest BCUT2D eigenvalue weighted by molar-refractivity contribution is 5.76. The van der Waals surface area contributed by atoms with Gasteiger partial charge in [-0.2, -0.15) is 8.78 Å². The quantitative estimate of drug-likeness (QED) is 0.652. The van der Waals surface area contributed by atoms with Gasteiger partial charge in [0, 0.05) is 0 Å². The van der Waals surface area contributed by atoms with Crippen molar-refractivity contribution in [3.8, 4) is 0 Å². The highest BCUT2D eigenvalue weighted by Crippen LogP contribution is 2.16. The van der Waals surface area contributed by atoms with E-state index in [1.807, 2.05) is 0 Å². The zero-order valence-electron chi connectivity index (χ0n) is 6.68. The molecule has 0 unspecified atom stereocenters. The lowest BCUT2D eigenvalue weighted by Gasteiger charge is -1.98. The van der Waals surface area contributed by atoms with Crippen molar-refractivity contribution in [1.29, 1.82) is 0 Å². The summed E-state index contributed by atoms with van der Waals surface area (Å²) >= 11 is 0. The van der Waals surface area contributed by atoms with E-state index in [1.54, 1.807) is 0 Å². The number of hydrogen-bond acceptors (Lipinski definition) is 2. The predicted octanol–water partition coefficient (Wildman–Crippen LogP) is 2.21. The van der Waals surface area contributed by atoms with Gasteiger partial charge in [0.2, 0.25) is 11.2 Å². The van der Waals surface area contributed by atoms with Gasteiger partial charge in [-0.25, -0.2) is 4.39 Å². The van der Waals surface area contributed by atoms with Crippen LogP contribution in [-0.2, 0) is 0 Å². The van der Waals surface area contributed by atoms with Crippen molar-refractivity contribution in [3.63, 3.8) is 0 Å². The van der Waals surface area contributed by atoms with Crippen LogP contribution in [0.15, 0.2) is 27.4 Å². The first-order chi connectivity index (χ1) is 6.61. The van der Waals surface area contributed by atoms with Gasteiger partial charge in [0.25, 0.3) is 0 Å². The van der Waals surface area contributed by atoms with Crippen molar-refractivity contribution in [2.24, 2.45) is 0 Å². The Kier molecular flexibility index (Phi) is 1.80. The zero-order valence-corrected chi connectivity index (χ0v) is 6.68. The zero-order chi connectivity index (χ0) is 10.3. The van der Waals surface area contributed by atoms with E-state index in [-0.39, 0.29) is 5.58 Å². The third-order valence-corrected chi connectivity index (χ3v) is 1.77. The molecule has 72 valence electrons. The maximum Gasteiger partial charge on any atom is 0.318 e. The lowest BCUT2D eigenvalue weighted by molar-refractivity contribution is 0.321. The fourth-order valence-electron chi connectivity index (χ4n) is 1.15. The SMILES string of the molecule is O=c1c(F)c(F)oc2cccc(F)c12. The largest absolute Gasteiger partial charge is 0.429 e. The van der Waals surface area contributed by atoms with E-state index >= 15 is 0 Å². The second kappa shape index (κ2) is 2.87. The Labute approximate surface area is 75.6 Å². The molecular formula is C9H3F3O2. The van der Waals surface area contributed by atoms with Gasteiger partial charge < -0.3 is 4.42 Å². The molecule has 0 atom stereocenters. The van der Waals surface area contributed by atoms with Crippen LogP contribution in [0.3, 0.4) is 0 Å². The minimum atomic E-state index is -1.71. The van der Waals surface area contributed by atoms with Crippen LogP contribution in [0.1, 0.15) is 0 Å². The summed E-state index contributed by atoms with van der Waals surface area (Å²) in [7, 11) is 0. The molecule has 0 radical (unpaired) electrons. The van der Waals surface area contributed by atoms with Gasteiger partial charge in [-0.3, -0.25) is 4.79 Å². The number of fused-ring (bicyclic) bond motifs is 1. The summed E-state index contributed by atoms with van der Waals surface area (Å²) in [5.74, 6) is -2.64. The van der Waals surface area contributed by atoms with Gasteiger partial charge in [-0.1, -0.05) is 6.07 Å². The third kappa shape index (κ3) is 1.09. The first kappa shape index (κ1) is 8.80. The molecule has 2 rings (SSSR count). The Bertz CT molecular complexity index is 560.